The molecule has 0 fully saturated rings. The van der Waals surface area contributed by atoms with Crippen LogP contribution in [0.25, 0.3) is 0 Å². The molecule has 4 nitrogen and oxygen atoms in total. The minimum Gasteiger partial charge on any atom is -0.384 e. The van der Waals surface area contributed by atoms with Crippen LogP contribution in [-0.2, 0) is 0 Å². The summed E-state index contributed by atoms with van der Waals surface area (Å²) >= 11 is 0. The van der Waals surface area contributed by atoms with Crippen molar-refractivity contribution in [3.63, 3.8) is 0 Å². The van der Waals surface area contributed by atoms with E-state index in [1.54, 1.807) is 0 Å². The molecule has 4 heteroatoms. The summed E-state index contributed by atoms with van der Waals surface area (Å²) in [5.74, 6) is -0.183. The number of aliphatic hydroxyl groups excluding tert-OH is 1. The Morgan fingerprint density at radius 2 is 2.33 bits per heavy atom. The highest BCUT2D eigenvalue weighted by Gasteiger charge is 2.19. The summed E-state index contributed by atoms with van der Waals surface area (Å²) in [7, 11) is 0. The molecule has 0 aromatic carbocycles. The number of aliphatic hydroxyl groups is 1. The summed E-state index contributed by atoms with van der Waals surface area (Å²) in [6, 6.07) is 0. The lowest BCUT2D eigenvalue weighted by atomic mass is 10.0. The van der Waals surface area contributed by atoms with Gasteiger partial charge in [0, 0.05) is 11.8 Å². The molecule has 1 heterocycles. The summed E-state index contributed by atoms with van der Waals surface area (Å²) in [5.41, 5.74) is 0.769. The first-order chi connectivity index (χ1) is 5.79. The van der Waals surface area contributed by atoms with E-state index in [0.717, 1.165) is 0 Å². The van der Waals surface area contributed by atoms with Crippen LogP contribution in [0.2, 0.25) is 0 Å². The van der Waals surface area contributed by atoms with E-state index in [-0.39, 0.29) is 5.78 Å². The van der Waals surface area contributed by atoms with E-state index >= 15 is 0 Å². The van der Waals surface area contributed by atoms with E-state index in [9.17, 15) is 9.90 Å². The fraction of sp³-hybridized carbons (Fsp3) is 0.125. The van der Waals surface area contributed by atoms with Crippen LogP contribution in [0.5, 0.6) is 0 Å². The summed E-state index contributed by atoms with van der Waals surface area (Å²) in [6.45, 7) is 0. The second-order valence-corrected chi connectivity index (χ2v) is 2.49. The molecule has 1 aromatic heterocycles. The van der Waals surface area contributed by atoms with Gasteiger partial charge in [-0.2, -0.15) is 0 Å². The van der Waals surface area contributed by atoms with Crippen molar-refractivity contribution in [1.29, 1.82) is 0 Å². The molecule has 1 N–H and O–H groups in total. The van der Waals surface area contributed by atoms with Crippen LogP contribution in [0.3, 0.4) is 0 Å². The molecule has 0 amide bonds. The third kappa shape index (κ3) is 0.931. The molecule has 1 unspecified atom stereocenters. The molecule has 1 atom stereocenters. The summed E-state index contributed by atoms with van der Waals surface area (Å²) in [5, 5.41) is 9.36. The van der Waals surface area contributed by atoms with Gasteiger partial charge in [-0.15, -0.1) is 0 Å². The molecule has 0 aliphatic heterocycles. The molecule has 1 aromatic rings. The molecule has 1 aliphatic carbocycles. The van der Waals surface area contributed by atoms with Crippen LogP contribution >= 0.6 is 0 Å². The molecule has 1 aliphatic rings. The zero-order valence-electron chi connectivity index (χ0n) is 6.14. The number of hydrogen-bond donors (Lipinski definition) is 1. The highest BCUT2D eigenvalue weighted by Crippen LogP contribution is 2.21. The maximum atomic E-state index is 11.1. The molecule has 12 heavy (non-hydrogen) atoms. The van der Waals surface area contributed by atoms with Crippen molar-refractivity contribution in [3.8, 4) is 0 Å². The van der Waals surface area contributed by atoms with Gasteiger partial charge in [-0.1, -0.05) is 0 Å². The SMILES string of the molecule is O=C1C=CC(O)c2cncnc21. The first-order valence-electron chi connectivity index (χ1n) is 3.49. The van der Waals surface area contributed by atoms with Crippen molar-refractivity contribution in [2.24, 2.45) is 0 Å². The summed E-state index contributed by atoms with van der Waals surface area (Å²) in [6.07, 6.45) is 4.74. The number of rotatable bonds is 0. The Bertz CT molecular complexity index is 360. The zero-order chi connectivity index (χ0) is 8.55. The number of ketones is 1. The minimum atomic E-state index is -0.751. The number of fused-ring (bicyclic) bond motifs is 1. The van der Waals surface area contributed by atoms with Gasteiger partial charge < -0.3 is 5.11 Å². The van der Waals surface area contributed by atoms with Crippen molar-refractivity contribution in [2.75, 3.05) is 0 Å². The fourth-order valence-corrected chi connectivity index (χ4v) is 1.12. The van der Waals surface area contributed by atoms with Crippen molar-refractivity contribution >= 4 is 5.78 Å². The zero-order valence-corrected chi connectivity index (χ0v) is 6.14. The third-order valence-corrected chi connectivity index (χ3v) is 1.72. The van der Waals surface area contributed by atoms with Crippen LogP contribution < -0.4 is 0 Å². The Kier molecular flexibility index (Phi) is 1.48. The van der Waals surface area contributed by atoms with Gasteiger partial charge in [-0.3, -0.25) is 4.79 Å². The van der Waals surface area contributed by atoms with Crippen LogP contribution in [-0.4, -0.2) is 20.9 Å². The number of carbonyl (C=O) groups excluding carboxylic acids is 1. The minimum absolute atomic E-state index is 0.183. The van der Waals surface area contributed by atoms with E-state index in [0.29, 0.717) is 11.3 Å². The first kappa shape index (κ1) is 7.12. The number of allylic oxidation sites excluding steroid dienone is 1. The molecule has 0 bridgehead atoms. The van der Waals surface area contributed by atoms with Crippen LogP contribution in [0.4, 0.5) is 0 Å². The molecule has 2 rings (SSSR count). The number of carbonyl (C=O) groups is 1. The lowest BCUT2D eigenvalue weighted by Crippen LogP contribution is -2.12. The maximum absolute atomic E-state index is 11.1. The van der Waals surface area contributed by atoms with E-state index in [4.69, 9.17) is 0 Å². The van der Waals surface area contributed by atoms with Crippen molar-refractivity contribution in [2.45, 2.75) is 6.10 Å². The van der Waals surface area contributed by atoms with E-state index in [1.165, 1.54) is 24.7 Å². The van der Waals surface area contributed by atoms with Crippen molar-refractivity contribution < 1.29 is 9.90 Å². The fourth-order valence-electron chi connectivity index (χ4n) is 1.12. The number of aromatic nitrogens is 2. The lowest BCUT2D eigenvalue weighted by molar-refractivity contribution is 0.102. The smallest absolute Gasteiger partial charge is 0.204 e. The summed E-state index contributed by atoms with van der Waals surface area (Å²) in [4.78, 5) is 18.6. The van der Waals surface area contributed by atoms with E-state index in [2.05, 4.69) is 9.97 Å². The van der Waals surface area contributed by atoms with Crippen LogP contribution in [0, 0.1) is 0 Å². The Morgan fingerprint density at radius 1 is 1.50 bits per heavy atom. The predicted molar refractivity (Wildman–Crippen MR) is 40.5 cm³/mol. The third-order valence-electron chi connectivity index (χ3n) is 1.72. The van der Waals surface area contributed by atoms with Gasteiger partial charge in [0.1, 0.15) is 18.1 Å². The second-order valence-electron chi connectivity index (χ2n) is 2.49. The molecule has 0 saturated carbocycles. The van der Waals surface area contributed by atoms with Crippen molar-refractivity contribution in [1.82, 2.24) is 9.97 Å². The van der Waals surface area contributed by atoms with Crippen LogP contribution in [0.1, 0.15) is 22.2 Å². The van der Waals surface area contributed by atoms with E-state index in [1.807, 2.05) is 0 Å². The van der Waals surface area contributed by atoms with Crippen molar-refractivity contribution in [3.05, 3.63) is 35.9 Å². The highest BCUT2D eigenvalue weighted by molar-refractivity contribution is 6.05. The van der Waals surface area contributed by atoms with Gasteiger partial charge in [0.25, 0.3) is 0 Å². The first-order valence-corrected chi connectivity index (χ1v) is 3.49. The average molecular weight is 162 g/mol. The van der Waals surface area contributed by atoms with Gasteiger partial charge in [0.2, 0.25) is 5.78 Å². The van der Waals surface area contributed by atoms with Crippen LogP contribution in [0.15, 0.2) is 24.7 Å². The number of hydrogen-bond acceptors (Lipinski definition) is 4. The molecule has 60 valence electrons. The molecular formula is C8H6N2O2. The van der Waals surface area contributed by atoms with Gasteiger partial charge >= 0.3 is 0 Å². The topological polar surface area (TPSA) is 63.1 Å². The summed E-state index contributed by atoms with van der Waals surface area (Å²) < 4.78 is 0. The Balaban J connectivity index is 2.61. The monoisotopic (exact) mass is 162 g/mol. The van der Waals surface area contributed by atoms with Gasteiger partial charge in [0.05, 0.1) is 0 Å². The molecule has 0 saturated heterocycles. The predicted octanol–water partition coefficient (Wildman–Crippen LogP) is 0.263. The normalized spacial score (nSPS) is 20.8. The largest absolute Gasteiger partial charge is 0.384 e. The Hall–Kier alpha value is -1.55. The quantitative estimate of drug-likeness (QED) is 0.594. The molecule has 0 spiro atoms. The van der Waals surface area contributed by atoms with Gasteiger partial charge in [-0.05, 0) is 12.2 Å². The Morgan fingerprint density at radius 3 is 3.08 bits per heavy atom. The Labute approximate surface area is 68.6 Å². The lowest BCUT2D eigenvalue weighted by Gasteiger charge is -2.12. The maximum Gasteiger partial charge on any atom is 0.204 e. The van der Waals surface area contributed by atoms with E-state index < -0.39 is 6.10 Å². The second kappa shape index (κ2) is 2.49. The number of nitrogens with zero attached hydrogens (tertiary/aromatic N) is 2. The highest BCUT2D eigenvalue weighted by atomic mass is 16.3. The standard InChI is InChI=1S/C8H6N2O2/c11-6-1-2-7(12)8-5(6)3-9-4-10-8/h1-4,6,11H. The molecule has 0 radical (unpaired) electrons. The van der Waals surface area contributed by atoms with Gasteiger partial charge in [-0.25, -0.2) is 9.97 Å². The molecular weight excluding hydrogens is 156 g/mol. The van der Waals surface area contributed by atoms with Gasteiger partial charge in [0.15, 0.2) is 0 Å². The average Bonchev–Trinajstić information content (AvgIpc) is 2.12.